The standard InChI is InChI=1S/C21H31N3O3/c1-14(2)24(15(3)4)21(27)23(9-6-10-25)13-18-12-17-11-16(5)7-8-19(17)22-20(18)26/h7-8,11-12,14-15,25H,6,9-10,13H2,1-5H3,(H,22,26). The first-order valence-corrected chi connectivity index (χ1v) is 9.55. The van der Waals surface area contributed by atoms with E-state index in [1.165, 1.54) is 0 Å². The number of aromatic nitrogens is 1. The summed E-state index contributed by atoms with van der Waals surface area (Å²) in [7, 11) is 0. The second-order valence-electron chi connectivity index (χ2n) is 7.59. The fraction of sp³-hybridized carbons (Fsp3) is 0.524. The van der Waals surface area contributed by atoms with Crippen molar-refractivity contribution < 1.29 is 9.90 Å². The van der Waals surface area contributed by atoms with Crippen molar-refractivity contribution in [2.45, 2.75) is 59.7 Å². The highest BCUT2D eigenvalue weighted by atomic mass is 16.3. The Hall–Kier alpha value is -2.34. The smallest absolute Gasteiger partial charge is 0.320 e. The van der Waals surface area contributed by atoms with Gasteiger partial charge in [-0.2, -0.15) is 0 Å². The van der Waals surface area contributed by atoms with Crippen LogP contribution in [0.15, 0.2) is 29.1 Å². The van der Waals surface area contributed by atoms with Gasteiger partial charge in [0.2, 0.25) is 0 Å². The minimum absolute atomic E-state index is 0.000406. The first kappa shape index (κ1) is 21.0. The molecule has 2 aromatic rings. The molecule has 0 bridgehead atoms. The van der Waals surface area contributed by atoms with Crippen LogP contribution in [0.4, 0.5) is 4.79 Å². The first-order valence-electron chi connectivity index (χ1n) is 9.55. The van der Waals surface area contributed by atoms with Crippen LogP contribution in [0, 0.1) is 6.92 Å². The van der Waals surface area contributed by atoms with Gasteiger partial charge in [-0.25, -0.2) is 4.79 Å². The molecule has 0 aliphatic rings. The first-order chi connectivity index (χ1) is 12.7. The fourth-order valence-corrected chi connectivity index (χ4v) is 3.40. The summed E-state index contributed by atoms with van der Waals surface area (Å²) in [6.07, 6.45) is 0.473. The molecule has 6 heteroatoms. The van der Waals surface area contributed by atoms with Gasteiger partial charge >= 0.3 is 6.03 Å². The maximum Gasteiger partial charge on any atom is 0.320 e. The van der Waals surface area contributed by atoms with Crippen LogP contribution in [0.5, 0.6) is 0 Å². The molecular weight excluding hydrogens is 342 g/mol. The molecule has 0 saturated heterocycles. The Kier molecular flexibility index (Phi) is 7.02. The molecule has 148 valence electrons. The molecule has 0 radical (unpaired) electrons. The van der Waals surface area contributed by atoms with Crippen molar-refractivity contribution in [2.75, 3.05) is 13.2 Å². The molecule has 0 fully saturated rings. The normalized spacial score (nSPS) is 11.4. The maximum atomic E-state index is 13.1. The van der Waals surface area contributed by atoms with Gasteiger partial charge in [0.1, 0.15) is 0 Å². The van der Waals surface area contributed by atoms with E-state index in [1.807, 2.05) is 58.9 Å². The van der Waals surface area contributed by atoms with Crippen LogP contribution >= 0.6 is 0 Å². The van der Waals surface area contributed by atoms with Crippen molar-refractivity contribution >= 4 is 16.9 Å². The fourth-order valence-electron chi connectivity index (χ4n) is 3.40. The molecular formula is C21H31N3O3. The van der Waals surface area contributed by atoms with Crippen molar-refractivity contribution in [3.63, 3.8) is 0 Å². The van der Waals surface area contributed by atoms with E-state index >= 15 is 0 Å². The second kappa shape index (κ2) is 9.04. The van der Waals surface area contributed by atoms with Crippen molar-refractivity contribution in [2.24, 2.45) is 0 Å². The van der Waals surface area contributed by atoms with Crippen LogP contribution in [0.25, 0.3) is 10.9 Å². The van der Waals surface area contributed by atoms with Crippen molar-refractivity contribution in [3.8, 4) is 0 Å². The Morgan fingerprint density at radius 2 is 1.81 bits per heavy atom. The lowest BCUT2D eigenvalue weighted by Gasteiger charge is -2.36. The molecule has 0 aliphatic carbocycles. The number of urea groups is 1. The van der Waals surface area contributed by atoms with E-state index < -0.39 is 0 Å². The van der Waals surface area contributed by atoms with E-state index in [2.05, 4.69) is 4.98 Å². The number of H-pyrrole nitrogens is 1. The summed E-state index contributed by atoms with van der Waals surface area (Å²) in [6.45, 7) is 10.5. The minimum Gasteiger partial charge on any atom is -0.396 e. The molecule has 1 heterocycles. The lowest BCUT2D eigenvalue weighted by Crippen LogP contribution is -2.50. The topological polar surface area (TPSA) is 76.6 Å². The van der Waals surface area contributed by atoms with E-state index in [0.29, 0.717) is 18.5 Å². The highest BCUT2D eigenvalue weighted by Crippen LogP contribution is 2.16. The van der Waals surface area contributed by atoms with Gasteiger partial charge in [-0.3, -0.25) is 4.79 Å². The zero-order valence-electron chi connectivity index (χ0n) is 17.0. The minimum atomic E-state index is -0.186. The third-order valence-electron chi connectivity index (χ3n) is 4.63. The summed E-state index contributed by atoms with van der Waals surface area (Å²) >= 11 is 0. The summed E-state index contributed by atoms with van der Waals surface area (Å²) in [5, 5.41) is 10.2. The van der Waals surface area contributed by atoms with Crippen LogP contribution < -0.4 is 5.56 Å². The quantitative estimate of drug-likeness (QED) is 0.782. The molecule has 2 N–H and O–H groups in total. The van der Waals surface area contributed by atoms with Crippen LogP contribution in [0.1, 0.15) is 45.2 Å². The third-order valence-corrected chi connectivity index (χ3v) is 4.63. The van der Waals surface area contributed by atoms with Crippen LogP contribution in [0.3, 0.4) is 0 Å². The second-order valence-corrected chi connectivity index (χ2v) is 7.59. The number of rotatable bonds is 7. The summed E-state index contributed by atoms with van der Waals surface area (Å²) in [5.74, 6) is 0. The molecule has 0 spiro atoms. The molecule has 6 nitrogen and oxygen atoms in total. The largest absolute Gasteiger partial charge is 0.396 e. The molecule has 0 aliphatic heterocycles. The van der Waals surface area contributed by atoms with Gasteiger partial charge in [-0.1, -0.05) is 11.6 Å². The number of amides is 2. The third kappa shape index (κ3) is 5.10. The van der Waals surface area contributed by atoms with Gasteiger partial charge in [-0.05, 0) is 64.6 Å². The van der Waals surface area contributed by atoms with E-state index in [-0.39, 0.29) is 36.8 Å². The number of aliphatic hydroxyl groups is 1. The van der Waals surface area contributed by atoms with Gasteiger partial charge in [0.15, 0.2) is 0 Å². The number of pyridine rings is 1. The average molecular weight is 373 g/mol. The lowest BCUT2D eigenvalue weighted by molar-refractivity contribution is 0.118. The van der Waals surface area contributed by atoms with Gasteiger partial charge < -0.3 is 19.9 Å². The summed E-state index contributed by atoms with van der Waals surface area (Å²) < 4.78 is 0. The number of fused-ring (bicyclic) bond motifs is 1. The van der Waals surface area contributed by atoms with Gasteiger partial charge in [-0.15, -0.1) is 0 Å². The molecule has 0 unspecified atom stereocenters. The molecule has 2 amide bonds. The Balaban J connectivity index is 2.37. The number of carbonyl (C=O) groups is 1. The molecule has 1 aromatic carbocycles. The predicted octanol–water partition coefficient (Wildman–Crippen LogP) is 3.26. The van der Waals surface area contributed by atoms with Crippen molar-refractivity contribution in [1.29, 1.82) is 0 Å². The number of nitrogens with zero attached hydrogens (tertiary/aromatic N) is 2. The molecule has 1 aromatic heterocycles. The van der Waals surface area contributed by atoms with E-state index in [4.69, 9.17) is 0 Å². The van der Waals surface area contributed by atoms with Crippen LogP contribution in [-0.4, -0.2) is 51.2 Å². The number of hydrogen-bond acceptors (Lipinski definition) is 3. The number of benzene rings is 1. The average Bonchev–Trinajstić information content (AvgIpc) is 2.58. The Labute approximate surface area is 160 Å². The van der Waals surface area contributed by atoms with Gasteiger partial charge in [0.25, 0.3) is 5.56 Å². The number of aliphatic hydroxyl groups excluding tert-OH is 1. The van der Waals surface area contributed by atoms with E-state index in [0.717, 1.165) is 16.5 Å². The van der Waals surface area contributed by atoms with Crippen molar-refractivity contribution in [1.82, 2.24) is 14.8 Å². The van der Waals surface area contributed by atoms with E-state index in [9.17, 15) is 14.7 Å². The number of aromatic amines is 1. The number of nitrogens with one attached hydrogen (secondary N) is 1. The van der Waals surface area contributed by atoms with Gasteiger partial charge in [0.05, 0.1) is 6.54 Å². The number of hydrogen-bond donors (Lipinski definition) is 2. The van der Waals surface area contributed by atoms with E-state index in [1.54, 1.807) is 9.80 Å². The molecule has 27 heavy (non-hydrogen) atoms. The Bertz CT molecular complexity index is 834. The monoisotopic (exact) mass is 373 g/mol. The summed E-state index contributed by atoms with van der Waals surface area (Å²) in [5.41, 5.74) is 2.26. The SMILES string of the molecule is Cc1ccc2[nH]c(=O)c(CN(CCCO)C(=O)N(C(C)C)C(C)C)cc2c1. The predicted molar refractivity (Wildman–Crippen MR) is 109 cm³/mol. The Morgan fingerprint density at radius 3 is 2.41 bits per heavy atom. The summed E-state index contributed by atoms with van der Waals surface area (Å²) in [4.78, 5) is 32.0. The number of carbonyl (C=O) groups excluding carboxylic acids is 1. The summed E-state index contributed by atoms with van der Waals surface area (Å²) in [6, 6.07) is 7.70. The zero-order chi connectivity index (χ0) is 20.1. The molecule has 2 rings (SSSR count). The lowest BCUT2D eigenvalue weighted by atomic mass is 10.1. The highest BCUT2D eigenvalue weighted by Gasteiger charge is 2.26. The zero-order valence-corrected chi connectivity index (χ0v) is 17.0. The van der Waals surface area contributed by atoms with Gasteiger partial charge in [0, 0.05) is 36.3 Å². The number of aryl methyl sites for hydroxylation is 1. The van der Waals surface area contributed by atoms with Crippen LogP contribution in [-0.2, 0) is 6.54 Å². The molecule has 0 atom stereocenters. The highest BCUT2D eigenvalue weighted by molar-refractivity contribution is 5.80. The van der Waals surface area contributed by atoms with Crippen LogP contribution in [0.2, 0.25) is 0 Å². The maximum absolute atomic E-state index is 13.1. The molecule has 0 saturated carbocycles. The van der Waals surface area contributed by atoms with Crippen molar-refractivity contribution in [3.05, 3.63) is 45.7 Å². The Morgan fingerprint density at radius 1 is 1.15 bits per heavy atom.